The van der Waals surface area contributed by atoms with Gasteiger partial charge >= 0.3 is 0 Å². The first kappa shape index (κ1) is 14.7. The Morgan fingerprint density at radius 3 is 3.09 bits per heavy atom. The van der Waals surface area contributed by atoms with Crippen molar-refractivity contribution in [3.8, 4) is 0 Å². The maximum absolute atomic E-state index is 12.2. The molecule has 23 heavy (non-hydrogen) atoms. The van der Waals surface area contributed by atoms with Gasteiger partial charge in [-0.15, -0.1) is 0 Å². The maximum atomic E-state index is 12.2. The fraction of sp³-hybridized carbons (Fsp3) is 0.529. The molecule has 2 atom stereocenters. The van der Waals surface area contributed by atoms with Crippen LogP contribution in [0.1, 0.15) is 18.3 Å². The van der Waals surface area contributed by atoms with Crippen LogP contribution >= 0.6 is 0 Å². The highest BCUT2D eigenvalue weighted by Gasteiger charge is 2.31. The summed E-state index contributed by atoms with van der Waals surface area (Å²) in [7, 11) is 0. The molecule has 2 aliphatic rings. The number of hydrogen-bond acceptors (Lipinski definition) is 5. The molecule has 0 radical (unpaired) electrons. The molecule has 1 aromatic carbocycles. The number of hydrogen-bond donors (Lipinski definition) is 2. The minimum atomic E-state index is -0.0645. The third-order valence-electron chi connectivity index (χ3n) is 4.94. The number of aromatic amines is 1. The van der Waals surface area contributed by atoms with E-state index < -0.39 is 0 Å². The van der Waals surface area contributed by atoms with Crippen molar-refractivity contribution in [1.82, 2.24) is 15.3 Å². The number of benzene rings is 1. The van der Waals surface area contributed by atoms with Crippen LogP contribution in [0.2, 0.25) is 0 Å². The lowest BCUT2D eigenvalue weighted by Gasteiger charge is -2.36. The quantitative estimate of drug-likeness (QED) is 0.864. The van der Waals surface area contributed by atoms with Crippen molar-refractivity contribution >= 4 is 16.6 Å². The van der Waals surface area contributed by atoms with Crippen LogP contribution in [0.25, 0.3) is 10.9 Å². The fourth-order valence-electron chi connectivity index (χ4n) is 3.68. The molecule has 122 valence electrons. The number of aryl methyl sites for hydroxylation is 1. The molecule has 1 fully saturated rings. The summed E-state index contributed by atoms with van der Waals surface area (Å²) in [6.07, 6.45) is 1.17. The second-order valence-corrected chi connectivity index (χ2v) is 6.45. The summed E-state index contributed by atoms with van der Waals surface area (Å²) in [5.41, 5.74) is 3.14. The number of fused-ring (bicyclic) bond motifs is 2. The van der Waals surface area contributed by atoms with Crippen LogP contribution in [0, 0.1) is 6.92 Å². The lowest BCUT2D eigenvalue weighted by molar-refractivity contribution is 0.0148. The largest absolute Gasteiger partial charge is 0.373 e. The van der Waals surface area contributed by atoms with Crippen molar-refractivity contribution in [2.24, 2.45) is 0 Å². The summed E-state index contributed by atoms with van der Waals surface area (Å²) >= 11 is 0. The molecule has 6 heteroatoms. The molecule has 0 spiro atoms. The van der Waals surface area contributed by atoms with E-state index in [-0.39, 0.29) is 17.7 Å². The first-order valence-electron chi connectivity index (χ1n) is 8.26. The summed E-state index contributed by atoms with van der Waals surface area (Å²) in [6, 6.07) is 4.34. The predicted molar refractivity (Wildman–Crippen MR) is 90.2 cm³/mol. The minimum Gasteiger partial charge on any atom is -0.373 e. The van der Waals surface area contributed by atoms with E-state index >= 15 is 0 Å². The highest BCUT2D eigenvalue weighted by Crippen LogP contribution is 2.33. The van der Waals surface area contributed by atoms with Gasteiger partial charge in [0, 0.05) is 25.3 Å². The highest BCUT2D eigenvalue weighted by atomic mass is 16.5. The third kappa shape index (κ3) is 2.52. The molecule has 1 saturated heterocycles. The second kappa shape index (κ2) is 5.62. The Morgan fingerprint density at radius 1 is 1.43 bits per heavy atom. The monoisotopic (exact) mass is 314 g/mol. The van der Waals surface area contributed by atoms with E-state index in [1.54, 1.807) is 0 Å². The van der Waals surface area contributed by atoms with Crippen molar-refractivity contribution in [3.63, 3.8) is 0 Å². The van der Waals surface area contributed by atoms with Crippen LogP contribution in [0.4, 0.5) is 5.69 Å². The number of nitrogens with zero attached hydrogens (tertiary/aromatic N) is 2. The van der Waals surface area contributed by atoms with Crippen molar-refractivity contribution < 1.29 is 4.74 Å². The van der Waals surface area contributed by atoms with Gasteiger partial charge in [0.05, 0.1) is 29.7 Å². The van der Waals surface area contributed by atoms with Crippen molar-refractivity contribution in [2.75, 3.05) is 31.1 Å². The third-order valence-corrected chi connectivity index (χ3v) is 4.94. The number of H-pyrrole nitrogens is 1. The molecule has 4 rings (SSSR count). The smallest absolute Gasteiger partial charge is 0.258 e. The van der Waals surface area contributed by atoms with E-state index in [1.165, 1.54) is 5.56 Å². The van der Waals surface area contributed by atoms with Gasteiger partial charge in [0.25, 0.3) is 5.56 Å². The topological polar surface area (TPSA) is 70.2 Å². The molecule has 2 aliphatic heterocycles. The Bertz CT molecular complexity index is 795. The average Bonchev–Trinajstić information content (AvgIpc) is 2.96. The molecular weight excluding hydrogens is 292 g/mol. The van der Waals surface area contributed by atoms with Crippen LogP contribution in [0.15, 0.2) is 16.9 Å². The Hall–Kier alpha value is -1.92. The Kier molecular flexibility index (Phi) is 3.58. The Morgan fingerprint density at radius 2 is 2.30 bits per heavy atom. The second-order valence-electron chi connectivity index (χ2n) is 6.45. The van der Waals surface area contributed by atoms with E-state index in [2.05, 4.69) is 33.2 Å². The Labute approximate surface area is 134 Å². The number of ether oxygens (including phenoxy) is 1. The first-order valence-corrected chi connectivity index (χ1v) is 8.26. The van der Waals surface area contributed by atoms with Crippen LogP contribution in [-0.2, 0) is 11.2 Å². The molecule has 2 N–H and O–H groups in total. The van der Waals surface area contributed by atoms with Gasteiger partial charge in [-0.2, -0.15) is 0 Å². The van der Waals surface area contributed by atoms with E-state index in [4.69, 9.17) is 4.74 Å². The molecule has 3 heterocycles. The zero-order valence-electron chi connectivity index (χ0n) is 13.6. The summed E-state index contributed by atoms with van der Waals surface area (Å²) in [6.45, 7) is 7.54. The standard InChI is InChI=1S/C17H22N4O2/c1-10(16-9-18-4-6-23-16)21-5-3-12-7-14-13(8-15(12)21)17(22)20-11(2)19-14/h7-8,10,16,18H,3-6,9H2,1-2H3,(H,19,20,22). The fourth-order valence-corrected chi connectivity index (χ4v) is 3.68. The number of anilines is 1. The highest BCUT2D eigenvalue weighted by molar-refractivity contribution is 5.84. The lowest BCUT2D eigenvalue weighted by Crippen LogP contribution is -2.50. The van der Waals surface area contributed by atoms with E-state index in [1.807, 2.05) is 13.0 Å². The number of aromatic nitrogens is 2. The van der Waals surface area contributed by atoms with Crippen LogP contribution in [0.3, 0.4) is 0 Å². The summed E-state index contributed by atoms with van der Waals surface area (Å²) in [5.74, 6) is 0.660. The SMILES string of the molecule is Cc1nc2cc3c(cc2c(=O)[nH]1)N(C(C)C1CNCCO1)CC3. The van der Waals surface area contributed by atoms with Gasteiger partial charge in [-0.1, -0.05) is 0 Å². The normalized spacial score (nSPS) is 22.3. The van der Waals surface area contributed by atoms with Gasteiger partial charge in [-0.3, -0.25) is 4.79 Å². The number of nitrogens with one attached hydrogen (secondary N) is 2. The zero-order chi connectivity index (χ0) is 16.0. The molecule has 0 amide bonds. The molecule has 0 bridgehead atoms. The van der Waals surface area contributed by atoms with Gasteiger partial charge in [0.1, 0.15) is 5.82 Å². The molecule has 2 unspecified atom stereocenters. The van der Waals surface area contributed by atoms with Gasteiger partial charge in [0.15, 0.2) is 0 Å². The molecule has 0 aliphatic carbocycles. The zero-order valence-corrected chi connectivity index (χ0v) is 13.6. The maximum Gasteiger partial charge on any atom is 0.258 e. The average molecular weight is 314 g/mol. The lowest BCUT2D eigenvalue weighted by atomic mass is 10.1. The summed E-state index contributed by atoms with van der Waals surface area (Å²) < 4.78 is 5.91. The summed E-state index contributed by atoms with van der Waals surface area (Å²) in [4.78, 5) is 21.9. The van der Waals surface area contributed by atoms with E-state index in [9.17, 15) is 4.79 Å². The van der Waals surface area contributed by atoms with Crippen LogP contribution in [0.5, 0.6) is 0 Å². The molecule has 2 aromatic rings. The van der Waals surface area contributed by atoms with Crippen molar-refractivity contribution in [2.45, 2.75) is 32.4 Å². The Balaban J connectivity index is 1.73. The van der Waals surface area contributed by atoms with Crippen LogP contribution < -0.4 is 15.8 Å². The van der Waals surface area contributed by atoms with E-state index in [0.29, 0.717) is 11.2 Å². The molecular formula is C17H22N4O2. The molecule has 0 saturated carbocycles. The number of rotatable bonds is 2. The molecule has 1 aromatic heterocycles. The van der Waals surface area contributed by atoms with Crippen LogP contribution in [-0.4, -0.2) is 48.4 Å². The first-order chi connectivity index (χ1) is 11.1. The van der Waals surface area contributed by atoms with Gasteiger partial charge in [0.2, 0.25) is 0 Å². The summed E-state index contributed by atoms with van der Waals surface area (Å²) in [5, 5.41) is 4.05. The molecule has 6 nitrogen and oxygen atoms in total. The van der Waals surface area contributed by atoms with Gasteiger partial charge < -0.3 is 19.9 Å². The van der Waals surface area contributed by atoms with Gasteiger partial charge in [-0.25, -0.2) is 4.98 Å². The van der Waals surface area contributed by atoms with Gasteiger partial charge in [-0.05, 0) is 38.0 Å². The van der Waals surface area contributed by atoms with Crippen molar-refractivity contribution in [1.29, 1.82) is 0 Å². The van der Waals surface area contributed by atoms with Crippen molar-refractivity contribution in [3.05, 3.63) is 33.9 Å². The minimum absolute atomic E-state index is 0.0645. The van der Waals surface area contributed by atoms with E-state index in [0.717, 1.165) is 43.9 Å². The number of morpholine rings is 1. The predicted octanol–water partition coefficient (Wildman–Crippen LogP) is 0.971.